The van der Waals surface area contributed by atoms with Gasteiger partial charge in [0.2, 0.25) is 0 Å². The molecule has 2 amide bonds. The number of hydrogen-bond acceptors (Lipinski definition) is 3. The van der Waals surface area contributed by atoms with E-state index in [0.717, 1.165) is 0 Å². The van der Waals surface area contributed by atoms with Crippen LogP contribution < -0.4 is 16.2 Å². The van der Waals surface area contributed by atoms with E-state index in [4.69, 9.17) is 5.11 Å². The third-order valence-corrected chi connectivity index (χ3v) is 1.49. The minimum absolute atomic E-state index is 0.414. The standard InChI is InChI=1S/C9H11N3O3/c13-8(14)6-10-9(15)12-11-7-4-2-1-3-5-7/h1-5,11H,6H2,(H,13,14)(H2,10,12,15). The molecule has 6 heteroatoms. The molecule has 0 aliphatic heterocycles. The Kier molecular flexibility index (Phi) is 3.96. The Hall–Kier alpha value is -2.24. The van der Waals surface area contributed by atoms with Crippen LogP contribution in [0.1, 0.15) is 0 Å². The summed E-state index contributed by atoms with van der Waals surface area (Å²) < 4.78 is 0. The minimum atomic E-state index is -1.09. The van der Waals surface area contributed by atoms with Gasteiger partial charge in [-0.15, -0.1) is 0 Å². The third-order valence-electron chi connectivity index (χ3n) is 1.49. The Morgan fingerprint density at radius 1 is 1.20 bits per heavy atom. The molecule has 1 rings (SSSR count). The summed E-state index contributed by atoms with van der Waals surface area (Å²) in [5.41, 5.74) is 5.62. The lowest BCUT2D eigenvalue weighted by atomic mass is 10.3. The lowest BCUT2D eigenvalue weighted by molar-refractivity contribution is -0.135. The maximum atomic E-state index is 11.0. The number of hydrazine groups is 1. The first-order valence-corrected chi connectivity index (χ1v) is 4.25. The van der Waals surface area contributed by atoms with E-state index in [9.17, 15) is 9.59 Å². The van der Waals surface area contributed by atoms with Gasteiger partial charge in [-0.2, -0.15) is 0 Å². The number of hydrogen-bond donors (Lipinski definition) is 4. The highest BCUT2D eigenvalue weighted by molar-refractivity contribution is 5.80. The van der Waals surface area contributed by atoms with Gasteiger partial charge in [-0.1, -0.05) is 18.2 Å². The van der Waals surface area contributed by atoms with Gasteiger partial charge in [0.05, 0.1) is 5.69 Å². The molecule has 80 valence electrons. The van der Waals surface area contributed by atoms with Crippen LogP contribution >= 0.6 is 0 Å². The summed E-state index contributed by atoms with van der Waals surface area (Å²) >= 11 is 0. The molecule has 4 N–H and O–H groups in total. The topological polar surface area (TPSA) is 90.5 Å². The van der Waals surface area contributed by atoms with Crippen molar-refractivity contribution in [2.45, 2.75) is 0 Å². The normalized spacial score (nSPS) is 9.07. The molecule has 0 spiro atoms. The van der Waals surface area contributed by atoms with E-state index in [1.165, 1.54) is 0 Å². The van der Waals surface area contributed by atoms with Crippen molar-refractivity contribution in [2.75, 3.05) is 12.0 Å². The molecule has 0 bridgehead atoms. The number of anilines is 1. The number of rotatable bonds is 4. The number of carbonyl (C=O) groups is 2. The fraction of sp³-hybridized carbons (Fsp3) is 0.111. The van der Waals surface area contributed by atoms with E-state index >= 15 is 0 Å². The highest BCUT2D eigenvalue weighted by Gasteiger charge is 2.01. The number of urea groups is 1. The number of nitrogens with one attached hydrogen (secondary N) is 3. The van der Waals surface area contributed by atoms with Crippen LogP contribution in [0.2, 0.25) is 0 Å². The van der Waals surface area contributed by atoms with Gasteiger partial charge in [-0.3, -0.25) is 15.6 Å². The Bertz CT molecular complexity index is 340. The molecule has 0 aromatic heterocycles. The van der Waals surface area contributed by atoms with Gasteiger partial charge in [-0.05, 0) is 12.1 Å². The second-order valence-electron chi connectivity index (χ2n) is 2.69. The molecule has 0 aliphatic rings. The summed E-state index contributed by atoms with van der Waals surface area (Å²) in [6, 6.07) is 8.38. The molecule has 15 heavy (non-hydrogen) atoms. The largest absolute Gasteiger partial charge is 0.480 e. The first kappa shape index (κ1) is 10.8. The second kappa shape index (κ2) is 5.48. The van der Waals surface area contributed by atoms with Crippen molar-refractivity contribution in [3.05, 3.63) is 30.3 Å². The van der Waals surface area contributed by atoms with Crippen LogP contribution in [0.5, 0.6) is 0 Å². The van der Waals surface area contributed by atoms with E-state index in [2.05, 4.69) is 16.2 Å². The van der Waals surface area contributed by atoms with Gasteiger partial charge >= 0.3 is 12.0 Å². The number of amides is 2. The molecular weight excluding hydrogens is 198 g/mol. The summed E-state index contributed by atoms with van der Waals surface area (Å²) in [6.07, 6.45) is 0. The maximum absolute atomic E-state index is 11.0. The van der Waals surface area contributed by atoms with Crippen molar-refractivity contribution >= 4 is 17.7 Å². The van der Waals surface area contributed by atoms with Crippen LogP contribution in [0.4, 0.5) is 10.5 Å². The van der Waals surface area contributed by atoms with Crippen molar-refractivity contribution < 1.29 is 14.7 Å². The molecule has 6 nitrogen and oxygen atoms in total. The van der Waals surface area contributed by atoms with Crippen LogP contribution in [-0.2, 0) is 4.79 Å². The smallest absolute Gasteiger partial charge is 0.333 e. The summed E-state index contributed by atoms with van der Waals surface area (Å²) in [5, 5.41) is 10.4. The predicted octanol–water partition coefficient (Wildman–Crippen LogP) is 0.397. The number of carboxylic acid groups (broad SMARTS) is 1. The average molecular weight is 209 g/mol. The Morgan fingerprint density at radius 2 is 1.87 bits per heavy atom. The molecule has 0 heterocycles. The van der Waals surface area contributed by atoms with E-state index < -0.39 is 18.5 Å². The molecule has 0 unspecified atom stereocenters. The van der Waals surface area contributed by atoms with E-state index in [0.29, 0.717) is 5.69 Å². The van der Waals surface area contributed by atoms with Crippen LogP contribution in [0.15, 0.2) is 30.3 Å². The summed E-state index contributed by atoms with van der Waals surface area (Å²) in [5.74, 6) is -1.09. The zero-order valence-electron chi connectivity index (χ0n) is 7.86. The summed E-state index contributed by atoms with van der Waals surface area (Å²) in [6.45, 7) is -0.414. The van der Waals surface area contributed by atoms with Crippen LogP contribution in [0, 0.1) is 0 Å². The number of carboxylic acids is 1. The average Bonchev–Trinajstić information content (AvgIpc) is 2.25. The molecule has 0 radical (unpaired) electrons. The molecule has 0 saturated heterocycles. The highest BCUT2D eigenvalue weighted by atomic mass is 16.4. The molecule has 0 aliphatic carbocycles. The molecule has 1 aromatic rings. The molecule has 0 fully saturated rings. The summed E-state index contributed by atoms with van der Waals surface area (Å²) in [4.78, 5) is 21.1. The first-order chi connectivity index (χ1) is 7.18. The number of carbonyl (C=O) groups excluding carboxylic acids is 1. The van der Waals surface area contributed by atoms with E-state index in [1.54, 1.807) is 24.3 Å². The molecular formula is C9H11N3O3. The highest BCUT2D eigenvalue weighted by Crippen LogP contribution is 2.01. The van der Waals surface area contributed by atoms with Crippen molar-refractivity contribution in [2.24, 2.45) is 0 Å². The molecule has 1 aromatic carbocycles. The van der Waals surface area contributed by atoms with Gasteiger partial charge in [0, 0.05) is 0 Å². The fourth-order valence-corrected chi connectivity index (χ4v) is 0.851. The Balaban J connectivity index is 2.26. The quantitative estimate of drug-likeness (QED) is 0.540. The minimum Gasteiger partial charge on any atom is -0.480 e. The number of aliphatic carboxylic acids is 1. The monoisotopic (exact) mass is 209 g/mol. The van der Waals surface area contributed by atoms with Gasteiger partial charge in [0.25, 0.3) is 0 Å². The van der Waals surface area contributed by atoms with E-state index in [1.807, 2.05) is 6.07 Å². The molecule has 0 saturated carbocycles. The van der Waals surface area contributed by atoms with Crippen LogP contribution in [-0.4, -0.2) is 23.7 Å². The SMILES string of the molecule is O=C(O)CNC(=O)NNc1ccccc1. The molecule has 0 atom stereocenters. The number of para-hydroxylation sites is 1. The van der Waals surface area contributed by atoms with Gasteiger partial charge < -0.3 is 10.4 Å². The Labute approximate surface area is 86.3 Å². The van der Waals surface area contributed by atoms with Gasteiger partial charge in [-0.25, -0.2) is 4.79 Å². The lowest BCUT2D eigenvalue weighted by Gasteiger charge is -2.08. The van der Waals surface area contributed by atoms with Crippen molar-refractivity contribution in [3.8, 4) is 0 Å². The summed E-state index contributed by atoms with van der Waals surface area (Å²) in [7, 11) is 0. The zero-order chi connectivity index (χ0) is 11.1. The Morgan fingerprint density at radius 3 is 2.47 bits per heavy atom. The van der Waals surface area contributed by atoms with Crippen LogP contribution in [0.25, 0.3) is 0 Å². The third kappa shape index (κ3) is 4.51. The fourth-order valence-electron chi connectivity index (χ4n) is 0.851. The van der Waals surface area contributed by atoms with Crippen molar-refractivity contribution in [1.29, 1.82) is 0 Å². The number of benzene rings is 1. The van der Waals surface area contributed by atoms with Gasteiger partial charge in [0.1, 0.15) is 6.54 Å². The van der Waals surface area contributed by atoms with E-state index in [-0.39, 0.29) is 0 Å². The van der Waals surface area contributed by atoms with Crippen molar-refractivity contribution in [3.63, 3.8) is 0 Å². The zero-order valence-corrected chi connectivity index (χ0v) is 7.86. The maximum Gasteiger partial charge on any atom is 0.333 e. The van der Waals surface area contributed by atoms with Crippen molar-refractivity contribution in [1.82, 2.24) is 10.7 Å². The van der Waals surface area contributed by atoms with Gasteiger partial charge in [0.15, 0.2) is 0 Å². The predicted molar refractivity (Wildman–Crippen MR) is 54.2 cm³/mol. The van der Waals surface area contributed by atoms with Crippen LogP contribution in [0.3, 0.4) is 0 Å². The lowest BCUT2D eigenvalue weighted by Crippen LogP contribution is -2.41. The first-order valence-electron chi connectivity index (χ1n) is 4.25. The second-order valence-corrected chi connectivity index (χ2v) is 2.69.